The predicted molar refractivity (Wildman–Crippen MR) is 99.4 cm³/mol. The first-order valence-corrected chi connectivity index (χ1v) is 7.66. The predicted octanol–water partition coefficient (Wildman–Crippen LogP) is 5.56. The van der Waals surface area contributed by atoms with Crippen molar-refractivity contribution >= 4 is 38.7 Å². The van der Waals surface area contributed by atoms with E-state index in [1.54, 1.807) is 0 Å². The van der Waals surface area contributed by atoms with Gasteiger partial charge in [0.15, 0.2) is 0 Å². The molecule has 0 amide bonds. The lowest BCUT2D eigenvalue weighted by Gasteiger charge is -2.09. The molecule has 0 aliphatic carbocycles. The van der Waals surface area contributed by atoms with Crippen LogP contribution in [0.5, 0.6) is 0 Å². The molecule has 0 aliphatic heterocycles. The topological polar surface area (TPSA) is 12.9 Å². The van der Waals surface area contributed by atoms with Crippen molar-refractivity contribution in [3.05, 3.63) is 71.8 Å². The Bertz CT molecular complexity index is 1130. The van der Waals surface area contributed by atoms with Gasteiger partial charge < -0.3 is 0 Å². The van der Waals surface area contributed by atoms with Gasteiger partial charge in [0.25, 0.3) is 0 Å². The van der Waals surface area contributed by atoms with Gasteiger partial charge in [0, 0.05) is 27.3 Å². The van der Waals surface area contributed by atoms with E-state index in [4.69, 9.17) is 11.4 Å². The number of terminal acetylenes is 1. The fraction of sp³-hybridized carbons (Fsp3) is 0.0455. The second-order valence-electron chi connectivity index (χ2n) is 5.59. The Morgan fingerprint density at radius 1 is 0.913 bits per heavy atom. The highest BCUT2D eigenvalue weighted by Gasteiger charge is 2.09. The molecule has 1 aromatic heterocycles. The molecule has 0 unspecified atom stereocenters. The zero-order valence-electron chi connectivity index (χ0n) is 12.9. The summed E-state index contributed by atoms with van der Waals surface area (Å²) in [6, 6.07) is 18.9. The number of hydrogen-bond donors (Lipinski definition) is 0. The minimum Gasteiger partial charge on any atom is -0.246 e. The van der Waals surface area contributed by atoms with Crippen molar-refractivity contribution in [1.82, 2.24) is 4.98 Å². The molecular formula is C22H15N. The van der Waals surface area contributed by atoms with Gasteiger partial charge >= 0.3 is 0 Å². The quantitative estimate of drug-likeness (QED) is 0.254. The maximum absolute atomic E-state index is 5.66. The minimum absolute atomic E-state index is 0.877. The molecular weight excluding hydrogens is 278 g/mol. The molecule has 1 nitrogen and oxygen atoms in total. The average molecular weight is 293 g/mol. The summed E-state index contributed by atoms with van der Waals surface area (Å²) in [6.07, 6.45) is 9.71. The largest absolute Gasteiger partial charge is 0.246 e. The zero-order valence-corrected chi connectivity index (χ0v) is 12.9. The first-order valence-electron chi connectivity index (χ1n) is 7.66. The number of hydrogen-bond acceptors (Lipinski definition) is 1. The third-order valence-electron chi connectivity index (χ3n) is 4.20. The summed E-state index contributed by atoms with van der Waals surface area (Å²) in [5.41, 5.74) is 3.88. The van der Waals surface area contributed by atoms with Gasteiger partial charge in [-0.15, -0.1) is 6.42 Å². The third-order valence-corrected chi connectivity index (χ3v) is 4.20. The number of rotatable bonds is 1. The summed E-state index contributed by atoms with van der Waals surface area (Å²) in [5.74, 6) is 2.77. The van der Waals surface area contributed by atoms with Gasteiger partial charge in [0.2, 0.25) is 0 Å². The van der Waals surface area contributed by atoms with Crippen molar-refractivity contribution < 1.29 is 0 Å². The Hall–Kier alpha value is -3.11. The molecule has 1 heteroatoms. The highest BCUT2D eigenvalue weighted by atomic mass is 14.7. The summed E-state index contributed by atoms with van der Waals surface area (Å²) < 4.78 is 0. The molecule has 0 bridgehead atoms. The zero-order chi connectivity index (χ0) is 15.8. The van der Waals surface area contributed by atoms with Crippen molar-refractivity contribution in [2.24, 2.45) is 0 Å². The molecule has 0 radical (unpaired) electrons. The summed E-state index contributed by atoms with van der Waals surface area (Å²) in [4.78, 5) is 4.99. The van der Waals surface area contributed by atoms with Gasteiger partial charge in [-0.2, -0.15) is 0 Å². The maximum atomic E-state index is 5.66. The van der Waals surface area contributed by atoms with Crippen LogP contribution in [0, 0.1) is 12.3 Å². The Kier molecular flexibility index (Phi) is 3.10. The molecule has 0 N–H and O–H groups in total. The number of allylic oxidation sites excluding steroid dienone is 1. The molecule has 3 aromatic carbocycles. The van der Waals surface area contributed by atoms with Gasteiger partial charge in [0.1, 0.15) is 0 Å². The molecule has 1 heterocycles. The number of nitrogens with zero attached hydrogens (tertiary/aromatic N) is 1. The number of pyridine rings is 1. The molecule has 4 aromatic rings. The fourth-order valence-corrected chi connectivity index (χ4v) is 3.12. The van der Waals surface area contributed by atoms with Crippen LogP contribution in [-0.4, -0.2) is 4.98 Å². The molecule has 108 valence electrons. The minimum atomic E-state index is 0.877. The van der Waals surface area contributed by atoms with E-state index in [1.165, 1.54) is 10.8 Å². The first-order chi connectivity index (χ1) is 11.3. The van der Waals surface area contributed by atoms with Crippen molar-refractivity contribution in [1.29, 1.82) is 0 Å². The van der Waals surface area contributed by atoms with E-state index >= 15 is 0 Å². The van der Waals surface area contributed by atoms with E-state index in [9.17, 15) is 0 Å². The lowest BCUT2D eigenvalue weighted by molar-refractivity contribution is 1.49. The molecule has 23 heavy (non-hydrogen) atoms. The van der Waals surface area contributed by atoms with Crippen LogP contribution in [0.2, 0.25) is 0 Å². The SMILES string of the molecule is C#Cc1ccc2cc3ccc4ccccc4c3nc2c1/C=C\C. The van der Waals surface area contributed by atoms with Crippen LogP contribution in [-0.2, 0) is 0 Å². The lowest BCUT2D eigenvalue weighted by Crippen LogP contribution is -1.90. The fourth-order valence-electron chi connectivity index (χ4n) is 3.12. The van der Waals surface area contributed by atoms with Gasteiger partial charge in [-0.05, 0) is 24.4 Å². The van der Waals surface area contributed by atoms with E-state index in [0.29, 0.717) is 0 Å². The molecule has 0 spiro atoms. The second kappa shape index (κ2) is 5.26. The van der Waals surface area contributed by atoms with E-state index < -0.39 is 0 Å². The Labute approximate surface area is 135 Å². The van der Waals surface area contributed by atoms with Crippen molar-refractivity contribution in [2.75, 3.05) is 0 Å². The lowest BCUT2D eigenvalue weighted by atomic mass is 9.99. The molecule has 0 saturated carbocycles. The first kappa shape index (κ1) is 13.5. The molecule has 0 fully saturated rings. The molecule has 4 rings (SSSR count). The highest BCUT2D eigenvalue weighted by molar-refractivity contribution is 6.09. The monoisotopic (exact) mass is 293 g/mol. The van der Waals surface area contributed by atoms with E-state index in [-0.39, 0.29) is 0 Å². The Balaban J connectivity index is 2.22. The van der Waals surface area contributed by atoms with Crippen molar-refractivity contribution in [3.63, 3.8) is 0 Å². The number of benzene rings is 3. The van der Waals surface area contributed by atoms with Crippen LogP contribution < -0.4 is 0 Å². The molecule has 0 atom stereocenters. The van der Waals surface area contributed by atoms with Crippen LogP contribution in [0.1, 0.15) is 18.1 Å². The second-order valence-corrected chi connectivity index (χ2v) is 5.59. The average Bonchev–Trinajstić information content (AvgIpc) is 2.60. The summed E-state index contributed by atoms with van der Waals surface area (Å²) in [6.45, 7) is 2.00. The maximum Gasteiger partial charge on any atom is 0.0794 e. The van der Waals surface area contributed by atoms with Crippen LogP contribution >= 0.6 is 0 Å². The van der Waals surface area contributed by atoms with Crippen molar-refractivity contribution in [3.8, 4) is 12.3 Å². The Morgan fingerprint density at radius 3 is 2.48 bits per heavy atom. The third kappa shape index (κ3) is 2.08. The van der Waals surface area contributed by atoms with Crippen LogP contribution in [0.3, 0.4) is 0 Å². The standard InChI is InChI=1S/C22H15N/c1-3-7-19-15(4-2)10-12-17-14-18-13-11-16-8-5-6-9-20(16)22(18)23-21(17)19/h2-3,5-14H,1H3/b7-3-. The van der Waals surface area contributed by atoms with Crippen LogP contribution in [0.4, 0.5) is 0 Å². The van der Waals surface area contributed by atoms with Crippen LogP contribution in [0.25, 0.3) is 38.7 Å². The molecule has 0 saturated heterocycles. The van der Waals surface area contributed by atoms with E-state index in [2.05, 4.69) is 54.5 Å². The summed E-state index contributed by atoms with van der Waals surface area (Å²) in [7, 11) is 0. The van der Waals surface area contributed by atoms with Gasteiger partial charge in [0.05, 0.1) is 11.0 Å². The van der Waals surface area contributed by atoms with Crippen LogP contribution in [0.15, 0.2) is 60.7 Å². The van der Waals surface area contributed by atoms with E-state index in [0.717, 1.165) is 32.9 Å². The van der Waals surface area contributed by atoms with Gasteiger partial charge in [-0.3, -0.25) is 0 Å². The summed E-state index contributed by atoms with van der Waals surface area (Å²) >= 11 is 0. The number of aromatic nitrogens is 1. The van der Waals surface area contributed by atoms with Gasteiger partial charge in [-0.1, -0.05) is 60.5 Å². The smallest absolute Gasteiger partial charge is 0.0794 e. The number of fused-ring (bicyclic) bond motifs is 4. The summed E-state index contributed by atoms with van der Waals surface area (Å²) in [5, 5.41) is 4.63. The molecule has 0 aliphatic rings. The highest BCUT2D eigenvalue weighted by Crippen LogP contribution is 2.29. The normalized spacial score (nSPS) is 11.5. The van der Waals surface area contributed by atoms with E-state index in [1.807, 2.05) is 25.1 Å². The van der Waals surface area contributed by atoms with Gasteiger partial charge in [-0.25, -0.2) is 4.98 Å². The van der Waals surface area contributed by atoms with Crippen molar-refractivity contribution in [2.45, 2.75) is 6.92 Å². The Morgan fingerprint density at radius 2 is 1.65 bits per heavy atom.